The van der Waals surface area contributed by atoms with Gasteiger partial charge in [0.25, 0.3) is 0 Å². The molecule has 0 aromatic rings. The van der Waals surface area contributed by atoms with E-state index in [2.05, 4.69) is 0 Å². The number of nitrogens with two attached hydrogens (primary N) is 1. The molecule has 1 aliphatic heterocycles. The third kappa shape index (κ3) is 2.85. The fourth-order valence-electron chi connectivity index (χ4n) is 1.39. The maximum atomic E-state index is 9.47. The molecule has 15 heavy (non-hydrogen) atoms. The Balaban J connectivity index is 2.57. The molecule has 1 rings (SSSR count). The Labute approximate surface area is 87.0 Å². The number of aliphatic hydroxyl groups is 4. The third-order valence-electron chi connectivity index (χ3n) is 2.25. The topological polar surface area (TPSA) is 125 Å². The molecule has 0 bridgehead atoms. The van der Waals surface area contributed by atoms with Crippen molar-refractivity contribution in [2.75, 3.05) is 19.8 Å². The lowest BCUT2D eigenvalue weighted by Crippen LogP contribution is -2.59. The fraction of sp³-hybridized carbons (Fsp3) is 1.00. The summed E-state index contributed by atoms with van der Waals surface area (Å²) in [5, 5.41) is 37.1. The molecule has 2 unspecified atom stereocenters. The van der Waals surface area contributed by atoms with Gasteiger partial charge in [0.05, 0.1) is 13.2 Å². The molecule has 6 N–H and O–H groups in total. The van der Waals surface area contributed by atoms with Crippen LogP contribution in [0.25, 0.3) is 0 Å². The molecule has 1 saturated heterocycles. The molecule has 90 valence electrons. The van der Waals surface area contributed by atoms with E-state index in [0.29, 0.717) is 0 Å². The first-order chi connectivity index (χ1) is 7.11. The van der Waals surface area contributed by atoms with Gasteiger partial charge in [-0.2, -0.15) is 0 Å². The molecule has 7 nitrogen and oxygen atoms in total. The average Bonchev–Trinajstić information content (AvgIpc) is 2.25. The molecular formula is C8H17NO6. The highest BCUT2D eigenvalue weighted by atomic mass is 16.7. The highest BCUT2D eigenvalue weighted by Gasteiger charge is 2.43. The minimum atomic E-state index is -1.40. The van der Waals surface area contributed by atoms with Gasteiger partial charge in [0.1, 0.15) is 24.4 Å². The average molecular weight is 223 g/mol. The van der Waals surface area contributed by atoms with Crippen molar-refractivity contribution >= 4 is 0 Å². The number of hydrogen-bond donors (Lipinski definition) is 5. The lowest BCUT2D eigenvalue weighted by Gasteiger charge is -2.39. The molecule has 0 amide bonds. The molecule has 0 spiro atoms. The zero-order chi connectivity index (χ0) is 11.4. The van der Waals surface area contributed by atoms with Crippen LogP contribution in [-0.2, 0) is 9.47 Å². The molecule has 1 heterocycles. The summed E-state index contributed by atoms with van der Waals surface area (Å²) in [7, 11) is 0. The van der Waals surface area contributed by atoms with Gasteiger partial charge in [-0.3, -0.25) is 0 Å². The Morgan fingerprint density at radius 2 is 1.80 bits per heavy atom. The van der Waals surface area contributed by atoms with Crippen LogP contribution in [0, 0.1) is 0 Å². The van der Waals surface area contributed by atoms with E-state index in [9.17, 15) is 15.3 Å². The zero-order valence-electron chi connectivity index (χ0n) is 8.19. The van der Waals surface area contributed by atoms with Crippen molar-refractivity contribution in [1.82, 2.24) is 0 Å². The Morgan fingerprint density at radius 1 is 1.13 bits per heavy atom. The lowest BCUT2D eigenvalue weighted by molar-refractivity contribution is -0.300. The quantitative estimate of drug-likeness (QED) is 0.339. The van der Waals surface area contributed by atoms with Crippen molar-refractivity contribution in [3.05, 3.63) is 0 Å². The van der Waals surface area contributed by atoms with E-state index in [0.717, 1.165) is 0 Å². The van der Waals surface area contributed by atoms with Gasteiger partial charge in [-0.1, -0.05) is 0 Å². The van der Waals surface area contributed by atoms with Crippen molar-refractivity contribution in [2.45, 2.75) is 30.7 Å². The van der Waals surface area contributed by atoms with E-state index in [4.69, 9.17) is 20.3 Å². The van der Waals surface area contributed by atoms with Gasteiger partial charge in [-0.25, -0.2) is 0 Å². The van der Waals surface area contributed by atoms with E-state index in [-0.39, 0.29) is 13.2 Å². The van der Waals surface area contributed by atoms with Crippen LogP contribution in [0.15, 0.2) is 0 Å². The summed E-state index contributed by atoms with van der Waals surface area (Å²) in [6.45, 7) is -0.0643. The summed E-state index contributed by atoms with van der Waals surface area (Å²) in [6, 6.07) is 0. The second kappa shape index (κ2) is 5.71. The SMILES string of the molecule is NCCO[C@H]1OC(CO)[C@@H](O)[C@H](O)C1O. The van der Waals surface area contributed by atoms with E-state index in [1.807, 2.05) is 0 Å². The zero-order valence-corrected chi connectivity index (χ0v) is 8.19. The van der Waals surface area contributed by atoms with Crippen molar-refractivity contribution in [1.29, 1.82) is 0 Å². The smallest absolute Gasteiger partial charge is 0.186 e. The van der Waals surface area contributed by atoms with Crippen LogP contribution >= 0.6 is 0 Å². The molecule has 0 aromatic carbocycles. The first kappa shape index (κ1) is 12.8. The molecule has 0 saturated carbocycles. The summed E-state index contributed by atoms with van der Waals surface area (Å²) in [6.07, 6.45) is -6.13. The Morgan fingerprint density at radius 3 is 2.33 bits per heavy atom. The Bertz CT molecular complexity index is 190. The largest absolute Gasteiger partial charge is 0.394 e. The monoisotopic (exact) mass is 223 g/mol. The summed E-state index contributed by atoms with van der Waals surface area (Å²) in [5.74, 6) is 0. The minimum Gasteiger partial charge on any atom is -0.394 e. The number of hydrogen-bond acceptors (Lipinski definition) is 7. The van der Waals surface area contributed by atoms with E-state index >= 15 is 0 Å². The molecular weight excluding hydrogens is 206 g/mol. The van der Waals surface area contributed by atoms with Crippen molar-refractivity contribution in [3.63, 3.8) is 0 Å². The highest BCUT2D eigenvalue weighted by molar-refractivity contribution is 4.88. The molecule has 5 atom stereocenters. The van der Waals surface area contributed by atoms with Crippen LogP contribution in [0.1, 0.15) is 0 Å². The van der Waals surface area contributed by atoms with Crippen LogP contribution in [0.5, 0.6) is 0 Å². The lowest BCUT2D eigenvalue weighted by atomic mass is 9.99. The predicted octanol–water partition coefficient (Wildman–Crippen LogP) is -3.24. The standard InChI is InChI=1S/C8H17NO6/c9-1-2-14-8-7(13)6(12)5(11)4(3-10)15-8/h4-8,10-13H,1-3,9H2/t4?,5-,6+,7?,8+/m1/s1. The van der Waals surface area contributed by atoms with Crippen molar-refractivity contribution in [3.8, 4) is 0 Å². The first-order valence-corrected chi connectivity index (χ1v) is 4.74. The Hall–Kier alpha value is -0.280. The summed E-state index contributed by atoms with van der Waals surface area (Å²) >= 11 is 0. The van der Waals surface area contributed by atoms with E-state index < -0.39 is 37.3 Å². The fourth-order valence-corrected chi connectivity index (χ4v) is 1.39. The van der Waals surface area contributed by atoms with Crippen LogP contribution < -0.4 is 5.73 Å². The molecule has 7 heteroatoms. The maximum Gasteiger partial charge on any atom is 0.186 e. The van der Waals surface area contributed by atoms with Gasteiger partial charge < -0.3 is 35.6 Å². The number of aliphatic hydroxyl groups excluding tert-OH is 4. The molecule has 1 fully saturated rings. The predicted molar refractivity (Wildman–Crippen MR) is 48.8 cm³/mol. The maximum absolute atomic E-state index is 9.47. The van der Waals surface area contributed by atoms with Crippen LogP contribution in [0.4, 0.5) is 0 Å². The first-order valence-electron chi connectivity index (χ1n) is 4.74. The van der Waals surface area contributed by atoms with Gasteiger partial charge in [0.15, 0.2) is 6.29 Å². The van der Waals surface area contributed by atoms with Crippen LogP contribution in [0.3, 0.4) is 0 Å². The van der Waals surface area contributed by atoms with E-state index in [1.54, 1.807) is 0 Å². The molecule has 0 radical (unpaired) electrons. The third-order valence-corrected chi connectivity index (χ3v) is 2.25. The molecule has 0 aliphatic carbocycles. The van der Waals surface area contributed by atoms with Crippen molar-refractivity contribution in [2.24, 2.45) is 5.73 Å². The van der Waals surface area contributed by atoms with Gasteiger partial charge in [-0.05, 0) is 0 Å². The van der Waals surface area contributed by atoms with Gasteiger partial charge in [0, 0.05) is 6.54 Å². The summed E-state index contributed by atoms with van der Waals surface area (Å²) in [5.41, 5.74) is 5.20. The van der Waals surface area contributed by atoms with Crippen LogP contribution in [0.2, 0.25) is 0 Å². The number of ether oxygens (including phenoxy) is 2. The van der Waals surface area contributed by atoms with Gasteiger partial charge in [-0.15, -0.1) is 0 Å². The second-order valence-corrected chi connectivity index (χ2v) is 3.36. The summed E-state index contributed by atoms with van der Waals surface area (Å²) < 4.78 is 10.1. The number of rotatable bonds is 4. The molecule has 0 aromatic heterocycles. The highest BCUT2D eigenvalue weighted by Crippen LogP contribution is 2.21. The minimum absolute atomic E-state index is 0.155. The molecule has 1 aliphatic rings. The van der Waals surface area contributed by atoms with Gasteiger partial charge >= 0.3 is 0 Å². The van der Waals surface area contributed by atoms with E-state index in [1.165, 1.54) is 0 Å². The van der Waals surface area contributed by atoms with Crippen LogP contribution in [-0.4, -0.2) is 70.9 Å². The second-order valence-electron chi connectivity index (χ2n) is 3.36. The normalized spacial score (nSPS) is 41.8. The van der Waals surface area contributed by atoms with Crippen molar-refractivity contribution < 1.29 is 29.9 Å². The Kier molecular flexibility index (Phi) is 4.87. The summed E-state index contributed by atoms with van der Waals surface area (Å²) in [4.78, 5) is 0. The van der Waals surface area contributed by atoms with Gasteiger partial charge in [0.2, 0.25) is 0 Å².